The van der Waals surface area contributed by atoms with Crippen molar-refractivity contribution in [2.75, 3.05) is 6.61 Å². The molecule has 0 fully saturated rings. The van der Waals surface area contributed by atoms with Gasteiger partial charge in [0.2, 0.25) is 0 Å². The molecule has 3 rings (SSSR count). The molecule has 0 radical (unpaired) electrons. The molecule has 0 aliphatic carbocycles. The van der Waals surface area contributed by atoms with Crippen LogP contribution in [0.25, 0.3) is 0 Å². The van der Waals surface area contributed by atoms with Gasteiger partial charge in [-0.05, 0) is 36.2 Å². The minimum atomic E-state index is 0.112. The van der Waals surface area contributed by atoms with E-state index >= 15 is 0 Å². The highest BCUT2D eigenvalue weighted by Crippen LogP contribution is 2.44. The summed E-state index contributed by atoms with van der Waals surface area (Å²) in [5.41, 5.74) is 4.93. The molecule has 0 aromatic heterocycles. The quantitative estimate of drug-likeness (QED) is 0.504. The van der Waals surface area contributed by atoms with Crippen LogP contribution >= 0.6 is 47.8 Å². The topological polar surface area (TPSA) is 9.23 Å². The summed E-state index contributed by atoms with van der Waals surface area (Å²) in [6, 6.07) is 10.7. The number of halogens is 3. The lowest BCUT2D eigenvalue weighted by atomic mass is 10.00. The fourth-order valence-corrected chi connectivity index (χ4v) is 4.54. The number of rotatable bonds is 2. The second-order valence-electron chi connectivity index (χ2n) is 4.97. The minimum absolute atomic E-state index is 0.112. The van der Waals surface area contributed by atoms with Crippen molar-refractivity contribution in [3.63, 3.8) is 0 Å². The first-order chi connectivity index (χ1) is 9.56. The fraction of sp³-hybridized carbons (Fsp3) is 0.250. The Morgan fingerprint density at radius 2 is 1.90 bits per heavy atom. The molecule has 0 N–H and O–H groups in total. The molecule has 1 heterocycles. The summed E-state index contributed by atoms with van der Waals surface area (Å²) in [7, 11) is 0. The van der Waals surface area contributed by atoms with Crippen LogP contribution in [0, 0.1) is 6.92 Å². The van der Waals surface area contributed by atoms with Crippen LogP contribution < -0.4 is 4.74 Å². The Kier molecular flexibility index (Phi) is 4.25. The molecule has 0 amide bonds. The Labute approximate surface area is 144 Å². The first-order valence-corrected chi connectivity index (χ1v) is 8.91. The van der Waals surface area contributed by atoms with Gasteiger partial charge >= 0.3 is 0 Å². The second kappa shape index (κ2) is 5.82. The SMILES string of the molecule is Cc1ccc(Br)c(C(Br)c2cc(Br)cc3c2OCC3)c1. The van der Waals surface area contributed by atoms with Crippen molar-refractivity contribution in [2.45, 2.75) is 18.2 Å². The molecule has 4 heteroatoms. The highest BCUT2D eigenvalue weighted by atomic mass is 79.9. The number of aryl methyl sites for hydroxylation is 1. The summed E-state index contributed by atoms with van der Waals surface area (Å²) in [5, 5.41) is 0. The molecule has 1 unspecified atom stereocenters. The van der Waals surface area contributed by atoms with E-state index in [0.29, 0.717) is 0 Å². The van der Waals surface area contributed by atoms with Crippen molar-refractivity contribution < 1.29 is 4.74 Å². The summed E-state index contributed by atoms with van der Waals surface area (Å²) >= 11 is 11.1. The van der Waals surface area contributed by atoms with Gasteiger partial charge in [0.15, 0.2) is 0 Å². The molecular formula is C16H13Br3O. The van der Waals surface area contributed by atoms with Gasteiger partial charge in [0.05, 0.1) is 11.4 Å². The smallest absolute Gasteiger partial charge is 0.127 e. The third-order valence-corrected chi connectivity index (χ3v) is 5.64. The van der Waals surface area contributed by atoms with E-state index in [1.807, 2.05) is 0 Å². The third-order valence-electron chi connectivity index (χ3n) is 3.47. The van der Waals surface area contributed by atoms with Crippen molar-refractivity contribution in [2.24, 2.45) is 0 Å². The number of hydrogen-bond donors (Lipinski definition) is 0. The van der Waals surface area contributed by atoms with Gasteiger partial charge in [-0.2, -0.15) is 0 Å². The van der Waals surface area contributed by atoms with Crippen molar-refractivity contribution in [1.29, 1.82) is 0 Å². The van der Waals surface area contributed by atoms with Gasteiger partial charge in [0, 0.05) is 20.9 Å². The van der Waals surface area contributed by atoms with Crippen LogP contribution in [-0.2, 0) is 6.42 Å². The Hall–Kier alpha value is -0.320. The maximum Gasteiger partial charge on any atom is 0.127 e. The van der Waals surface area contributed by atoms with Crippen molar-refractivity contribution in [3.8, 4) is 5.75 Å². The zero-order valence-corrected chi connectivity index (χ0v) is 15.7. The number of ether oxygens (including phenoxy) is 1. The highest BCUT2D eigenvalue weighted by Gasteiger charge is 2.24. The number of benzene rings is 2. The van der Waals surface area contributed by atoms with Crippen LogP contribution in [0.3, 0.4) is 0 Å². The molecule has 0 spiro atoms. The maximum absolute atomic E-state index is 5.83. The number of alkyl halides is 1. The van der Waals surface area contributed by atoms with E-state index in [-0.39, 0.29) is 4.83 Å². The molecule has 2 aromatic rings. The van der Waals surface area contributed by atoms with E-state index < -0.39 is 0 Å². The molecule has 1 nitrogen and oxygen atoms in total. The van der Waals surface area contributed by atoms with Crippen LogP contribution in [-0.4, -0.2) is 6.61 Å². The molecule has 1 aliphatic rings. The van der Waals surface area contributed by atoms with E-state index in [1.165, 1.54) is 22.3 Å². The summed E-state index contributed by atoms with van der Waals surface area (Å²) in [4.78, 5) is 0.112. The van der Waals surface area contributed by atoms with Crippen LogP contribution in [0.5, 0.6) is 5.75 Å². The van der Waals surface area contributed by atoms with E-state index in [4.69, 9.17) is 4.74 Å². The zero-order chi connectivity index (χ0) is 14.3. The molecule has 1 atom stereocenters. The Morgan fingerprint density at radius 1 is 1.10 bits per heavy atom. The molecule has 0 bridgehead atoms. The molecule has 0 saturated heterocycles. The van der Waals surface area contributed by atoms with Crippen molar-refractivity contribution in [1.82, 2.24) is 0 Å². The molecule has 2 aromatic carbocycles. The van der Waals surface area contributed by atoms with Gasteiger partial charge in [-0.15, -0.1) is 0 Å². The summed E-state index contributed by atoms with van der Waals surface area (Å²) in [6.45, 7) is 2.88. The summed E-state index contributed by atoms with van der Waals surface area (Å²) in [5.74, 6) is 1.03. The van der Waals surface area contributed by atoms with E-state index in [2.05, 4.69) is 85.0 Å². The van der Waals surface area contributed by atoms with Gasteiger partial charge < -0.3 is 4.74 Å². The van der Waals surface area contributed by atoms with Gasteiger partial charge in [0.1, 0.15) is 5.75 Å². The standard InChI is InChI=1S/C16H13Br3O/c1-9-2-3-14(18)12(6-9)15(19)13-8-11(17)7-10-4-5-20-16(10)13/h2-3,6-8,15H,4-5H2,1H3. The van der Waals surface area contributed by atoms with E-state index in [0.717, 1.165) is 27.7 Å². The third kappa shape index (κ3) is 2.70. The Bertz CT molecular complexity index is 667. The first kappa shape index (κ1) is 14.6. The summed E-state index contributed by atoms with van der Waals surface area (Å²) < 4.78 is 8.04. The lowest BCUT2D eigenvalue weighted by molar-refractivity contribution is 0.354. The second-order valence-corrected chi connectivity index (χ2v) is 7.65. The van der Waals surface area contributed by atoms with Gasteiger partial charge in [0.25, 0.3) is 0 Å². The van der Waals surface area contributed by atoms with Crippen LogP contribution in [0.15, 0.2) is 39.3 Å². The molecule has 1 aliphatic heterocycles. The minimum Gasteiger partial charge on any atom is -0.493 e. The van der Waals surface area contributed by atoms with Crippen molar-refractivity contribution in [3.05, 3.63) is 61.5 Å². The molecule has 104 valence electrons. The largest absolute Gasteiger partial charge is 0.493 e. The van der Waals surface area contributed by atoms with Crippen molar-refractivity contribution >= 4 is 47.8 Å². The Balaban J connectivity index is 2.11. The Morgan fingerprint density at radius 3 is 2.70 bits per heavy atom. The van der Waals surface area contributed by atoms with Crippen LogP contribution in [0.2, 0.25) is 0 Å². The van der Waals surface area contributed by atoms with Gasteiger partial charge in [-0.3, -0.25) is 0 Å². The van der Waals surface area contributed by atoms with Gasteiger partial charge in [-0.1, -0.05) is 65.5 Å². The van der Waals surface area contributed by atoms with Crippen LogP contribution in [0.1, 0.15) is 27.1 Å². The van der Waals surface area contributed by atoms with E-state index in [1.54, 1.807) is 0 Å². The maximum atomic E-state index is 5.83. The normalized spacial score (nSPS) is 14.8. The number of hydrogen-bond acceptors (Lipinski definition) is 1. The number of fused-ring (bicyclic) bond motifs is 1. The predicted octanol–water partition coefficient (Wildman–Crippen LogP) is 5.94. The highest BCUT2D eigenvalue weighted by molar-refractivity contribution is 9.11. The molecule has 0 saturated carbocycles. The monoisotopic (exact) mass is 458 g/mol. The van der Waals surface area contributed by atoms with Gasteiger partial charge in [-0.25, -0.2) is 0 Å². The lowest BCUT2D eigenvalue weighted by Gasteiger charge is -2.17. The summed E-state index contributed by atoms with van der Waals surface area (Å²) in [6.07, 6.45) is 0.983. The van der Waals surface area contributed by atoms with E-state index in [9.17, 15) is 0 Å². The fourth-order valence-electron chi connectivity index (χ4n) is 2.51. The first-order valence-electron chi connectivity index (χ1n) is 6.41. The van der Waals surface area contributed by atoms with Crippen LogP contribution in [0.4, 0.5) is 0 Å². The average molecular weight is 461 g/mol. The molecular weight excluding hydrogens is 448 g/mol. The molecule has 20 heavy (non-hydrogen) atoms. The lowest BCUT2D eigenvalue weighted by Crippen LogP contribution is -1.98. The zero-order valence-electron chi connectivity index (χ0n) is 10.9. The predicted molar refractivity (Wildman–Crippen MR) is 93.0 cm³/mol. The average Bonchev–Trinajstić information content (AvgIpc) is 2.87.